The zero-order valence-electron chi connectivity index (χ0n) is 18.1. The van der Waals surface area contributed by atoms with Crippen molar-refractivity contribution in [3.8, 4) is 0 Å². The van der Waals surface area contributed by atoms with E-state index < -0.39 is 86.1 Å². The van der Waals surface area contributed by atoms with Crippen LogP contribution in [0.3, 0.4) is 0 Å². The van der Waals surface area contributed by atoms with E-state index in [-0.39, 0.29) is 6.10 Å². The third-order valence-corrected chi connectivity index (χ3v) is 6.69. The molecule has 188 valence electrons. The fraction of sp³-hybridized carbons (Fsp3) is 1.00. The Morgan fingerprint density at radius 2 is 1.34 bits per heavy atom. The van der Waals surface area contributed by atoms with Crippen molar-refractivity contribution in [3.05, 3.63) is 0 Å². The van der Waals surface area contributed by atoms with E-state index in [1.54, 1.807) is 0 Å². The number of nitrogens with two attached hydrogens (primary N) is 4. The van der Waals surface area contributed by atoms with E-state index in [9.17, 15) is 25.5 Å². The Bertz CT molecular complexity index is 605. The van der Waals surface area contributed by atoms with Crippen molar-refractivity contribution in [2.45, 2.75) is 112 Å². The Balaban J connectivity index is 1.74. The van der Waals surface area contributed by atoms with Crippen LogP contribution >= 0.6 is 0 Å². The maximum atomic E-state index is 11.0. The molecule has 32 heavy (non-hydrogen) atoms. The van der Waals surface area contributed by atoms with Crippen LogP contribution in [0.25, 0.3) is 0 Å². The van der Waals surface area contributed by atoms with Crippen molar-refractivity contribution in [2.24, 2.45) is 22.9 Å². The first-order valence-corrected chi connectivity index (χ1v) is 11.1. The molecule has 1 aliphatic carbocycles. The van der Waals surface area contributed by atoms with Crippen molar-refractivity contribution >= 4 is 0 Å². The van der Waals surface area contributed by atoms with E-state index in [1.807, 2.05) is 6.92 Å². The lowest BCUT2D eigenvalue weighted by molar-refractivity contribution is -0.318. The minimum Gasteiger partial charge on any atom is -0.394 e. The summed E-state index contributed by atoms with van der Waals surface area (Å²) in [4.78, 5) is 0. The van der Waals surface area contributed by atoms with Gasteiger partial charge in [-0.1, -0.05) is 6.92 Å². The van der Waals surface area contributed by atoms with E-state index in [2.05, 4.69) is 0 Å². The highest BCUT2D eigenvalue weighted by Gasteiger charge is 2.53. The molecule has 3 aliphatic rings. The number of hydrogen-bond donors (Lipinski definition) is 9. The van der Waals surface area contributed by atoms with Crippen LogP contribution in [0.1, 0.15) is 26.2 Å². The highest BCUT2D eigenvalue weighted by atomic mass is 16.7. The monoisotopic (exact) mass is 466 g/mol. The highest BCUT2D eigenvalue weighted by Crippen LogP contribution is 2.31. The molecule has 3 fully saturated rings. The van der Waals surface area contributed by atoms with Gasteiger partial charge in [-0.3, -0.25) is 0 Å². The summed E-state index contributed by atoms with van der Waals surface area (Å²) in [6.07, 6.45) is -9.24. The van der Waals surface area contributed by atoms with Gasteiger partial charge in [-0.25, -0.2) is 0 Å². The number of aliphatic hydroxyl groups is 5. The lowest BCUT2D eigenvalue weighted by Crippen LogP contribution is -2.72. The molecule has 0 spiro atoms. The summed E-state index contributed by atoms with van der Waals surface area (Å²) in [7, 11) is 0. The van der Waals surface area contributed by atoms with Gasteiger partial charge in [0, 0.05) is 0 Å². The van der Waals surface area contributed by atoms with Crippen LogP contribution in [0.15, 0.2) is 0 Å². The lowest BCUT2D eigenvalue weighted by atomic mass is 9.82. The van der Waals surface area contributed by atoms with Gasteiger partial charge >= 0.3 is 0 Å². The topological polar surface area (TPSA) is 242 Å². The first-order valence-electron chi connectivity index (χ1n) is 11.1. The maximum absolute atomic E-state index is 11.0. The summed E-state index contributed by atoms with van der Waals surface area (Å²) in [5.74, 6) is 0. The maximum Gasteiger partial charge on any atom is 0.186 e. The van der Waals surface area contributed by atoms with Crippen molar-refractivity contribution in [1.29, 1.82) is 0 Å². The minimum absolute atomic E-state index is 0.0508. The van der Waals surface area contributed by atoms with E-state index in [4.69, 9.17) is 41.9 Å². The molecule has 7 unspecified atom stereocenters. The van der Waals surface area contributed by atoms with Gasteiger partial charge in [-0.05, 0) is 19.3 Å². The Hall–Kier alpha value is -0.520. The summed E-state index contributed by atoms with van der Waals surface area (Å²) in [6.45, 7) is 1.40. The normalized spacial score (nSPS) is 52.7. The first kappa shape index (κ1) is 26.1. The average Bonchev–Trinajstić information content (AvgIpc) is 2.79. The van der Waals surface area contributed by atoms with Crippen LogP contribution < -0.4 is 22.9 Å². The number of hydrogen-bond acceptors (Lipinski definition) is 13. The van der Waals surface area contributed by atoms with Gasteiger partial charge in [0.05, 0.1) is 43.0 Å². The van der Waals surface area contributed by atoms with Crippen LogP contribution in [0, 0.1) is 0 Å². The molecule has 0 bridgehead atoms. The van der Waals surface area contributed by atoms with Crippen LogP contribution in [0.2, 0.25) is 0 Å². The van der Waals surface area contributed by atoms with Gasteiger partial charge < -0.3 is 67.4 Å². The van der Waals surface area contributed by atoms with E-state index >= 15 is 0 Å². The molecular weight excluding hydrogens is 428 g/mol. The summed E-state index contributed by atoms with van der Waals surface area (Å²) >= 11 is 0. The Kier molecular flexibility index (Phi) is 8.82. The third-order valence-electron chi connectivity index (χ3n) is 6.69. The summed E-state index contributed by atoms with van der Waals surface area (Å²) in [6, 6.07) is -3.85. The van der Waals surface area contributed by atoms with Gasteiger partial charge in [0.25, 0.3) is 0 Å². The molecule has 13 heteroatoms. The minimum atomic E-state index is -1.49. The lowest BCUT2D eigenvalue weighted by Gasteiger charge is -2.49. The molecule has 14 atom stereocenters. The Morgan fingerprint density at radius 3 is 1.91 bits per heavy atom. The molecule has 0 radical (unpaired) electrons. The fourth-order valence-electron chi connectivity index (χ4n) is 4.47. The molecule has 1 saturated carbocycles. The second-order valence-electron chi connectivity index (χ2n) is 8.90. The molecule has 0 aromatic rings. The molecule has 0 amide bonds. The Labute approximate surface area is 186 Å². The summed E-state index contributed by atoms with van der Waals surface area (Å²) < 4.78 is 22.9. The van der Waals surface area contributed by atoms with Crippen LogP contribution in [-0.4, -0.2) is 118 Å². The first-order chi connectivity index (χ1) is 15.1. The van der Waals surface area contributed by atoms with Gasteiger partial charge in [0.2, 0.25) is 0 Å². The van der Waals surface area contributed by atoms with E-state index in [0.29, 0.717) is 6.42 Å². The molecule has 0 aromatic carbocycles. The Morgan fingerprint density at radius 1 is 0.750 bits per heavy atom. The molecule has 0 aromatic heterocycles. The smallest absolute Gasteiger partial charge is 0.186 e. The second-order valence-corrected chi connectivity index (χ2v) is 8.90. The summed E-state index contributed by atoms with van der Waals surface area (Å²) in [5, 5.41) is 51.4. The quantitative estimate of drug-likeness (QED) is 0.178. The van der Waals surface area contributed by atoms with Crippen LogP contribution in [0.4, 0.5) is 0 Å². The van der Waals surface area contributed by atoms with E-state index in [0.717, 1.165) is 12.8 Å². The molecule has 13 N–H and O–H groups in total. The average molecular weight is 467 g/mol. The van der Waals surface area contributed by atoms with E-state index in [1.165, 1.54) is 0 Å². The van der Waals surface area contributed by atoms with Gasteiger partial charge in [0.15, 0.2) is 12.6 Å². The molecular formula is C19H38N4O9. The molecule has 13 nitrogen and oxygen atoms in total. The van der Waals surface area contributed by atoms with Crippen LogP contribution in [0.5, 0.6) is 0 Å². The highest BCUT2D eigenvalue weighted by molar-refractivity contribution is 5.05. The van der Waals surface area contributed by atoms with Crippen molar-refractivity contribution in [3.63, 3.8) is 0 Å². The number of rotatable bonds is 6. The third kappa shape index (κ3) is 5.10. The number of ether oxygens (including phenoxy) is 4. The van der Waals surface area contributed by atoms with Gasteiger partial charge in [-0.15, -0.1) is 0 Å². The zero-order valence-corrected chi connectivity index (χ0v) is 18.1. The predicted molar refractivity (Wildman–Crippen MR) is 110 cm³/mol. The number of aliphatic hydroxyl groups excluding tert-OH is 5. The second kappa shape index (κ2) is 10.8. The standard InChI is InChI=1S/C19H38N4O9/c1-2-6-3-4-7(20)18(29-6)31-16-10(22)13(26)11(23)17(15(16)28)32-19-14(27)9(21)12(25)8(5-24)30-19/h6-19,24-28H,2-5,20-23H2,1H3/t6?,7?,8?,9-,10-,11+,12-,13?,14?,15?,16?,17+,18-,19-/m0/s1. The molecule has 2 heterocycles. The summed E-state index contributed by atoms with van der Waals surface area (Å²) in [5.41, 5.74) is 24.1. The van der Waals surface area contributed by atoms with Crippen molar-refractivity contribution in [2.75, 3.05) is 6.61 Å². The van der Waals surface area contributed by atoms with Gasteiger partial charge in [-0.2, -0.15) is 0 Å². The zero-order chi connectivity index (χ0) is 23.7. The van der Waals surface area contributed by atoms with Crippen LogP contribution in [-0.2, 0) is 18.9 Å². The SMILES string of the molecule is CCC1CCC(N)[C@H](OC2C(O)[C@H](O[C@@H]3OC(CO)[C@H](O)[C@H](N)C3O)[C@H](N)C(O)[C@@H]2N)O1. The van der Waals surface area contributed by atoms with Crippen molar-refractivity contribution < 1.29 is 44.5 Å². The largest absolute Gasteiger partial charge is 0.394 e. The molecule has 3 rings (SSSR count). The molecule has 2 saturated heterocycles. The van der Waals surface area contributed by atoms with Crippen molar-refractivity contribution in [1.82, 2.24) is 0 Å². The van der Waals surface area contributed by atoms with Gasteiger partial charge in [0.1, 0.15) is 36.6 Å². The molecule has 2 aliphatic heterocycles. The fourth-order valence-corrected chi connectivity index (χ4v) is 4.47. The predicted octanol–water partition coefficient (Wildman–Crippen LogP) is -4.84.